The summed E-state index contributed by atoms with van der Waals surface area (Å²) in [6.07, 6.45) is 0.844. The lowest BCUT2D eigenvalue weighted by molar-refractivity contribution is -0.130. The molecule has 5 heteroatoms. The minimum atomic E-state index is -0.0566. The molecule has 0 aromatic carbocycles. The molecule has 0 radical (unpaired) electrons. The van der Waals surface area contributed by atoms with Crippen LogP contribution in [0.15, 0.2) is 27.6 Å². The Morgan fingerprint density at radius 2 is 2.15 bits per heavy atom. The van der Waals surface area contributed by atoms with Crippen LogP contribution in [0.5, 0.6) is 0 Å². The SMILES string of the molecule is CCC1NC(c2ccsc2)N(Cc2cscc2C)C1=O. The van der Waals surface area contributed by atoms with Gasteiger partial charge >= 0.3 is 0 Å². The van der Waals surface area contributed by atoms with Crippen LogP contribution in [0.2, 0.25) is 0 Å². The maximum atomic E-state index is 12.5. The van der Waals surface area contributed by atoms with E-state index in [4.69, 9.17) is 0 Å². The minimum absolute atomic E-state index is 0.0120. The lowest BCUT2D eigenvalue weighted by Gasteiger charge is -2.23. The number of carbonyl (C=O) groups excluding carboxylic acids is 1. The van der Waals surface area contributed by atoms with Crippen molar-refractivity contribution in [2.75, 3.05) is 0 Å². The van der Waals surface area contributed by atoms with Crippen molar-refractivity contribution in [2.45, 2.75) is 39.0 Å². The number of rotatable bonds is 4. The van der Waals surface area contributed by atoms with E-state index in [9.17, 15) is 4.79 Å². The summed E-state index contributed by atoms with van der Waals surface area (Å²) >= 11 is 3.37. The molecule has 0 saturated carbocycles. The zero-order valence-electron chi connectivity index (χ0n) is 11.6. The average Bonchev–Trinajstić information content (AvgIpc) is 3.14. The third-order valence-electron chi connectivity index (χ3n) is 3.82. The molecule has 2 aromatic rings. The van der Waals surface area contributed by atoms with Crippen LogP contribution in [-0.2, 0) is 11.3 Å². The maximum Gasteiger partial charge on any atom is 0.241 e. The van der Waals surface area contributed by atoms with Crippen LogP contribution >= 0.6 is 22.7 Å². The highest BCUT2D eigenvalue weighted by Gasteiger charge is 2.38. The first-order valence-electron chi connectivity index (χ1n) is 6.81. The molecule has 1 saturated heterocycles. The standard InChI is InChI=1S/C15H18N2OS2/c1-3-13-15(18)17(6-12-9-20-7-10(12)2)14(16-13)11-4-5-19-8-11/h4-5,7-9,13-14,16H,3,6H2,1-2H3. The monoisotopic (exact) mass is 306 g/mol. The van der Waals surface area contributed by atoms with Crippen molar-refractivity contribution in [3.8, 4) is 0 Å². The van der Waals surface area contributed by atoms with Crippen LogP contribution in [-0.4, -0.2) is 16.8 Å². The third kappa shape index (κ3) is 2.41. The molecule has 1 fully saturated rings. The number of carbonyl (C=O) groups is 1. The number of amides is 1. The van der Waals surface area contributed by atoms with Crippen LogP contribution < -0.4 is 5.32 Å². The Hall–Kier alpha value is -1.17. The van der Waals surface area contributed by atoms with Crippen LogP contribution in [0.3, 0.4) is 0 Å². The molecule has 0 spiro atoms. The van der Waals surface area contributed by atoms with Crippen LogP contribution in [0, 0.1) is 6.92 Å². The molecule has 1 aliphatic heterocycles. The van der Waals surface area contributed by atoms with E-state index >= 15 is 0 Å². The van der Waals surface area contributed by atoms with Gasteiger partial charge in [-0.15, -0.1) is 0 Å². The van der Waals surface area contributed by atoms with Gasteiger partial charge in [0.1, 0.15) is 6.17 Å². The third-order valence-corrected chi connectivity index (χ3v) is 5.43. The molecule has 3 heterocycles. The van der Waals surface area contributed by atoms with Gasteiger partial charge in [-0.25, -0.2) is 0 Å². The maximum absolute atomic E-state index is 12.5. The fraction of sp³-hybridized carbons (Fsp3) is 0.400. The van der Waals surface area contributed by atoms with Crippen molar-refractivity contribution in [1.82, 2.24) is 10.2 Å². The number of nitrogens with zero attached hydrogens (tertiary/aromatic N) is 1. The number of thiophene rings is 2. The number of hydrogen-bond acceptors (Lipinski definition) is 4. The van der Waals surface area contributed by atoms with Gasteiger partial charge in [0.15, 0.2) is 0 Å². The van der Waals surface area contributed by atoms with Crippen molar-refractivity contribution in [1.29, 1.82) is 0 Å². The smallest absolute Gasteiger partial charge is 0.241 e. The summed E-state index contributed by atoms with van der Waals surface area (Å²) in [5.74, 6) is 0.217. The van der Waals surface area contributed by atoms with E-state index < -0.39 is 0 Å². The number of hydrogen-bond donors (Lipinski definition) is 1. The Bertz CT molecular complexity index is 591. The lowest BCUT2D eigenvalue weighted by atomic mass is 10.2. The van der Waals surface area contributed by atoms with Crippen molar-refractivity contribution in [2.24, 2.45) is 0 Å². The van der Waals surface area contributed by atoms with Crippen molar-refractivity contribution in [3.05, 3.63) is 44.3 Å². The van der Waals surface area contributed by atoms with Crippen molar-refractivity contribution in [3.63, 3.8) is 0 Å². The van der Waals surface area contributed by atoms with Crippen LogP contribution in [0.25, 0.3) is 0 Å². The molecule has 3 rings (SSSR count). The Morgan fingerprint density at radius 3 is 2.75 bits per heavy atom. The van der Waals surface area contributed by atoms with E-state index in [1.54, 1.807) is 22.7 Å². The molecular formula is C15H18N2OS2. The molecule has 1 amide bonds. The van der Waals surface area contributed by atoms with Crippen molar-refractivity contribution >= 4 is 28.6 Å². The predicted molar refractivity (Wildman–Crippen MR) is 83.9 cm³/mol. The summed E-state index contributed by atoms with van der Waals surface area (Å²) in [6.45, 7) is 4.86. The van der Waals surface area contributed by atoms with Gasteiger partial charge in [0.2, 0.25) is 5.91 Å². The van der Waals surface area contributed by atoms with Crippen LogP contribution in [0.1, 0.15) is 36.2 Å². The predicted octanol–water partition coefficient (Wildman–Crippen LogP) is 3.53. The first kappa shape index (κ1) is 13.8. The van der Waals surface area contributed by atoms with E-state index in [1.165, 1.54) is 16.7 Å². The summed E-state index contributed by atoms with van der Waals surface area (Å²) in [5, 5.41) is 11.9. The van der Waals surface area contributed by atoms with Gasteiger partial charge in [-0.3, -0.25) is 10.1 Å². The molecule has 2 unspecified atom stereocenters. The summed E-state index contributed by atoms with van der Waals surface area (Å²) in [6, 6.07) is 2.04. The Kier molecular flexibility index (Phi) is 3.92. The summed E-state index contributed by atoms with van der Waals surface area (Å²) in [4.78, 5) is 14.5. The Morgan fingerprint density at radius 1 is 1.30 bits per heavy atom. The highest BCUT2D eigenvalue weighted by molar-refractivity contribution is 7.08. The Balaban J connectivity index is 1.88. The van der Waals surface area contributed by atoms with E-state index in [0.717, 1.165) is 6.42 Å². The van der Waals surface area contributed by atoms with E-state index in [0.29, 0.717) is 6.54 Å². The van der Waals surface area contributed by atoms with E-state index in [-0.39, 0.29) is 18.1 Å². The molecule has 2 aromatic heterocycles. The van der Waals surface area contributed by atoms with E-state index in [1.807, 2.05) is 4.90 Å². The van der Waals surface area contributed by atoms with Gasteiger partial charge < -0.3 is 4.90 Å². The van der Waals surface area contributed by atoms with Gasteiger partial charge in [0.05, 0.1) is 6.04 Å². The van der Waals surface area contributed by atoms with Gasteiger partial charge in [-0.2, -0.15) is 22.7 Å². The van der Waals surface area contributed by atoms with Gasteiger partial charge in [-0.05, 0) is 57.6 Å². The first-order valence-corrected chi connectivity index (χ1v) is 8.69. The highest BCUT2D eigenvalue weighted by atomic mass is 32.1. The number of nitrogens with one attached hydrogen (secondary N) is 1. The molecular weight excluding hydrogens is 288 g/mol. The average molecular weight is 306 g/mol. The largest absolute Gasteiger partial charge is 0.317 e. The molecule has 2 atom stereocenters. The second-order valence-electron chi connectivity index (χ2n) is 5.13. The quantitative estimate of drug-likeness (QED) is 0.937. The summed E-state index contributed by atoms with van der Waals surface area (Å²) in [5.41, 5.74) is 3.71. The van der Waals surface area contributed by atoms with Gasteiger partial charge in [-0.1, -0.05) is 6.92 Å². The minimum Gasteiger partial charge on any atom is -0.317 e. The van der Waals surface area contributed by atoms with Crippen LogP contribution in [0.4, 0.5) is 0 Å². The highest BCUT2D eigenvalue weighted by Crippen LogP contribution is 2.30. The molecule has 20 heavy (non-hydrogen) atoms. The van der Waals surface area contributed by atoms with Crippen molar-refractivity contribution < 1.29 is 4.79 Å². The summed E-state index contributed by atoms with van der Waals surface area (Å²) in [7, 11) is 0. The van der Waals surface area contributed by atoms with Gasteiger partial charge in [0, 0.05) is 6.54 Å². The molecule has 106 valence electrons. The fourth-order valence-electron chi connectivity index (χ4n) is 2.58. The topological polar surface area (TPSA) is 32.3 Å². The zero-order chi connectivity index (χ0) is 14.1. The molecule has 3 nitrogen and oxygen atoms in total. The van der Waals surface area contributed by atoms with Gasteiger partial charge in [0.25, 0.3) is 0 Å². The molecule has 0 aliphatic carbocycles. The Labute approximate surface area is 127 Å². The second-order valence-corrected chi connectivity index (χ2v) is 6.66. The molecule has 0 bridgehead atoms. The second kappa shape index (κ2) is 5.68. The normalized spacial score (nSPS) is 22.7. The zero-order valence-corrected chi connectivity index (χ0v) is 13.3. The fourth-order valence-corrected chi connectivity index (χ4v) is 4.11. The van der Waals surface area contributed by atoms with E-state index in [2.05, 4.69) is 46.8 Å². The molecule has 1 N–H and O–H groups in total. The summed E-state index contributed by atoms with van der Waals surface area (Å²) < 4.78 is 0. The number of aryl methyl sites for hydroxylation is 1. The first-order chi connectivity index (χ1) is 9.70. The molecule has 1 aliphatic rings. The lowest BCUT2D eigenvalue weighted by Crippen LogP contribution is -2.30.